The van der Waals surface area contributed by atoms with E-state index in [9.17, 15) is 19.7 Å². The van der Waals surface area contributed by atoms with Gasteiger partial charge >= 0.3 is 5.97 Å². The third-order valence-electron chi connectivity index (χ3n) is 4.40. The highest BCUT2D eigenvalue weighted by atomic mass is 16.6. The van der Waals surface area contributed by atoms with E-state index in [0.717, 1.165) is 32.1 Å². The number of likely N-dealkylation sites (tertiary alicyclic amines) is 1. The number of hydrogen-bond acceptors (Lipinski definition) is 6. The lowest BCUT2D eigenvalue weighted by atomic mass is 10.1. The second-order valence-corrected chi connectivity index (χ2v) is 6.43. The molecule has 0 aromatic heterocycles. The van der Waals surface area contributed by atoms with Crippen LogP contribution in [0.2, 0.25) is 0 Å². The Bertz CT molecular complexity index is 681. The Hall–Kier alpha value is -2.64. The number of carbonyl (C=O) groups excluding carboxylic acids is 2. The molecule has 1 aliphatic heterocycles. The highest BCUT2D eigenvalue weighted by Crippen LogP contribution is 2.31. The molecule has 1 aromatic carbocycles. The van der Waals surface area contributed by atoms with Crippen molar-refractivity contribution in [3.8, 4) is 0 Å². The molecule has 134 valence electrons. The molecule has 0 radical (unpaired) electrons. The van der Waals surface area contributed by atoms with Gasteiger partial charge in [-0.05, 0) is 44.2 Å². The van der Waals surface area contributed by atoms with Crippen LogP contribution in [0.15, 0.2) is 18.2 Å². The van der Waals surface area contributed by atoms with Gasteiger partial charge in [0.25, 0.3) is 11.6 Å². The van der Waals surface area contributed by atoms with Crippen LogP contribution < -0.4 is 5.32 Å². The summed E-state index contributed by atoms with van der Waals surface area (Å²) in [5.41, 5.74) is 0.302. The molecule has 0 unspecified atom stereocenters. The molecule has 8 nitrogen and oxygen atoms in total. The molecule has 1 saturated heterocycles. The highest BCUT2D eigenvalue weighted by molar-refractivity contribution is 5.93. The van der Waals surface area contributed by atoms with E-state index >= 15 is 0 Å². The summed E-state index contributed by atoms with van der Waals surface area (Å²) >= 11 is 0. The Morgan fingerprint density at radius 3 is 2.60 bits per heavy atom. The molecule has 1 aliphatic carbocycles. The Labute approximate surface area is 145 Å². The third kappa shape index (κ3) is 4.46. The highest BCUT2D eigenvalue weighted by Gasteiger charge is 2.26. The molecule has 0 atom stereocenters. The van der Waals surface area contributed by atoms with Crippen LogP contribution in [0, 0.1) is 10.1 Å². The molecule has 1 saturated carbocycles. The van der Waals surface area contributed by atoms with E-state index in [2.05, 4.69) is 5.32 Å². The molecule has 25 heavy (non-hydrogen) atoms. The topological polar surface area (TPSA) is 102 Å². The summed E-state index contributed by atoms with van der Waals surface area (Å²) in [6.07, 6.45) is 5.00. The molecular weight excluding hydrogens is 326 g/mol. The molecular formula is C17H21N3O5. The first kappa shape index (κ1) is 17.2. The van der Waals surface area contributed by atoms with Crippen LogP contribution in [0.3, 0.4) is 0 Å². The summed E-state index contributed by atoms with van der Waals surface area (Å²) in [4.78, 5) is 36.5. The number of nitrogens with one attached hydrogen (secondary N) is 1. The van der Waals surface area contributed by atoms with Crippen molar-refractivity contribution in [1.29, 1.82) is 0 Å². The summed E-state index contributed by atoms with van der Waals surface area (Å²) in [5.74, 6) is -0.957. The molecule has 0 spiro atoms. The van der Waals surface area contributed by atoms with Crippen molar-refractivity contribution in [2.24, 2.45) is 0 Å². The number of carbonyl (C=O) groups is 2. The lowest BCUT2D eigenvalue weighted by Crippen LogP contribution is -2.38. The average Bonchev–Trinajstić information content (AvgIpc) is 3.44. The van der Waals surface area contributed by atoms with Gasteiger partial charge in [0.05, 0.1) is 10.5 Å². The van der Waals surface area contributed by atoms with Crippen molar-refractivity contribution in [3.05, 3.63) is 33.9 Å². The van der Waals surface area contributed by atoms with Crippen molar-refractivity contribution in [1.82, 2.24) is 4.90 Å². The molecule has 3 rings (SSSR count). The number of rotatable bonds is 6. The maximum Gasteiger partial charge on any atom is 0.338 e. The van der Waals surface area contributed by atoms with Gasteiger partial charge in [0.15, 0.2) is 6.61 Å². The number of nitro benzene ring substituents is 1. The quantitative estimate of drug-likeness (QED) is 0.481. The van der Waals surface area contributed by atoms with Gasteiger partial charge in [-0.15, -0.1) is 0 Å². The molecule has 1 heterocycles. The van der Waals surface area contributed by atoms with Crippen molar-refractivity contribution in [2.45, 2.75) is 38.1 Å². The van der Waals surface area contributed by atoms with Crippen molar-refractivity contribution in [2.75, 3.05) is 25.0 Å². The number of esters is 1. The molecule has 1 N–H and O–H groups in total. The van der Waals surface area contributed by atoms with E-state index in [1.54, 1.807) is 4.90 Å². The molecule has 8 heteroatoms. The van der Waals surface area contributed by atoms with Gasteiger partial charge in [0.2, 0.25) is 0 Å². The lowest BCUT2D eigenvalue weighted by Gasteiger charge is -2.26. The predicted octanol–water partition coefficient (Wildman–Crippen LogP) is 2.34. The normalized spacial score (nSPS) is 17.0. The van der Waals surface area contributed by atoms with Crippen molar-refractivity contribution >= 4 is 23.3 Å². The third-order valence-corrected chi connectivity index (χ3v) is 4.40. The van der Waals surface area contributed by atoms with Gasteiger partial charge in [0.1, 0.15) is 5.69 Å². The van der Waals surface area contributed by atoms with Crippen LogP contribution in [0.4, 0.5) is 11.4 Å². The SMILES string of the molecule is O=C(OCC(=O)N1CCCCC1)c1ccc(NC2CC2)c([N+](=O)[O-])c1. The number of benzene rings is 1. The number of ether oxygens (including phenoxy) is 1. The molecule has 0 bridgehead atoms. The fourth-order valence-corrected chi connectivity index (χ4v) is 2.82. The van der Waals surface area contributed by atoms with Gasteiger partial charge in [0, 0.05) is 25.2 Å². The first-order chi connectivity index (χ1) is 12.0. The lowest BCUT2D eigenvalue weighted by molar-refractivity contribution is -0.384. The van der Waals surface area contributed by atoms with Gasteiger partial charge in [-0.3, -0.25) is 14.9 Å². The van der Waals surface area contributed by atoms with Crippen LogP contribution in [0.5, 0.6) is 0 Å². The van der Waals surface area contributed by atoms with E-state index < -0.39 is 10.9 Å². The van der Waals surface area contributed by atoms with E-state index in [-0.39, 0.29) is 29.8 Å². The minimum atomic E-state index is -0.730. The second kappa shape index (κ2) is 7.50. The fraction of sp³-hybridized carbons (Fsp3) is 0.529. The standard InChI is InChI=1S/C17H21N3O5/c21-16(19-8-2-1-3-9-19)11-25-17(22)12-4-7-14(18-13-5-6-13)15(10-12)20(23)24/h4,7,10,13,18H,1-3,5-6,8-9,11H2. The molecule has 2 aliphatic rings. The van der Waals surface area contributed by atoms with Crippen molar-refractivity contribution in [3.63, 3.8) is 0 Å². The summed E-state index contributed by atoms with van der Waals surface area (Å²) in [5, 5.41) is 14.3. The fourth-order valence-electron chi connectivity index (χ4n) is 2.82. The van der Waals surface area contributed by atoms with Gasteiger partial charge in [-0.25, -0.2) is 4.79 Å². The Kier molecular flexibility index (Phi) is 5.16. The maximum atomic E-state index is 12.1. The number of hydrogen-bond donors (Lipinski definition) is 1. The summed E-state index contributed by atoms with van der Waals surface area (Å²) in [6.45, 7) is 1.03. The second-order valence-electron chi connectivity index (χ2n) is 6.43. The van der Waals surface area contributed by atoms with E-state index in [4.69, 9.17) is 4.74 Å². The van der Waals surface area contributed by atoms with Gasteiger partial charge in [-0.1, -0.05) is 0 Å². The van der Waals surface area contributed by atoms with Crippen LogP contribution in [-0.4, -0.2) is 47.4 Å². The zero-order chi connectivity index (χ0) is 17.8. The Balaban J connectivity index is 1.61. The smallest absolute Gasteiger partial charge is 0.338 e. The number of amides is 1. The Morgan fingerprint density at radius 1 is 1.24 bits per heavy atom. The summed E-state index contributed by atoms with van der Waals surface area (Å²) in [6, 6.07) is 4.45. The zero-order valence-corrected chi connectivity index (χ0v) is 13.9. The predicted molar refractivity (Wildman–Crippen MR) is 90.5 cm³/mol. The number of anilines is 1. The zero-order valence-electron chi connectivity index (χ0n) is 13.9. The van der Waals surface area contributed by atoms with Gasteiger partial charge < -0.3 is 15.0 Å². The first-order valence-electron chi connectivity index (χ1n) is 8.54. The van der Waals surface area contributed by atoms with Crippen LogP contribution >= 0.6 is 0 Å². The number of nitro groups is 1. The Morgan fingerprint density at radius 2 is 1.96 bits per heavy atom. The molecule has 1 amide bonds. The minimum Gasteiger partial charge on any atom is -0.452 e. The summed E-state index contributed by atoms with van der Waals surface area (Å²) < 4.78 is 5.04. The van der Waals surface area contributed by atoms with Crippen molar-refractivity contribution < 1.29 is 19.2 Å². The van der Waals surface area contributed by atoms with Crippen LogP contribution in [0.25, 0.3) is 0 Å². The van der Waals surface area contributed by atoms with Crippen LogP contribution in [0.1, 0.15) is 42.5 Å². The minimum absolute atomic E-state index is 0.0690. The number of piperidine rings is 1. The van der Waals surface area contributed by atoms with E-state index in [1.807, 2.05) is 0 Å². The molecule has 1 aromatic rings. The van der Waals surface area contributed by atoms with Gasteiger partial charge in [-0.2, -0.15) is 0 Å². The summed E-state index contributed by atoms with van der Waals surface area (Å²) in [7, 11) is 0. The largest absolute Gasteiger partial charge is 0.452 e. The monoisotopic (exact) mass is 347 g/mol. The maximum absolute atomic E-state index is 12.1. The average molecular weight is 347 g/mol. The molecule has 2 fully saturated rings. The number of nitrogens with zero attached hydrogens (tertiary/aromatic N) is 2. The first-order valence-corrected chi connectivity index (χ1v) is 8.54. The van der Waals surface area contributed by atoms with E-state index in [0.29, 0.717) is 18.8 Å². The van der Waals surface area contributed by atoms with E-state index in [1.165, 1.54) is 18.2 Å². The van der Waals surface area contributed by atoms with Crippen LogP contribution in [-0.2, 0) is 9.53 Å².